The number of thiophene rings is 1. The monoisotopic (exact) mass is 375 g/mol. The molecule has 25 heavy (non-hydrogen) atoms. The average Bonchev–Trinajstić information content (AvgIpc) is 3.20. The highest BCUT2D eigenvalue weighted by Gasteiger charge is 2.15. The number of anilines is 1. The number of rotatable bonds is 4. The van der Waals surface area contributed by atoms with Crippen LogP contribution in [0.3, 0.4) is 0 Å². The van der Waals surface area contributed by atoms with Crippen LogP contribution in [-0.2, 0) is 11.8 Å². The molecule has 0 spiro atoms. The smallest absolute Gasteiger partial charge is 0.337 e. The first kappa shape index (κ1) is 17.2. The Hall–Kier alpha value is -2.64. The summed E-state index contributed by atoms with van der Waals surface area (Å²) in [5.74, 6) is -0.767. The number of nitrogens with one attached hydrogen (secondary N) is 1. The van der Waals surface area contributed by atoms with Crippen molar-refractivity contribution >= 4 is 40.5 Å². The number of methoxy groups -OCH3 is 1. The molecule has 8 heteroatoms. The molecule has 128 valence electrons. The van der Waals surface area contributed by atoms with Crippen molar-refractivity contribution in [3.05, 3.63) is 58.1 Å². The second kappa shape index (κ2) is 7.08. The largest absolute Gasteiger partial charge is 0.465 e. The number of halogens is 1. The number of hydrogen-bond acceptors (Lipinski definition) is 5. The summed E-state index contributed by atoms with van der Waals surface area (Å²) in [6, 6.07) is 11.8. The molecule has 2 heterocycles. The number of carbonyl (C=O) groups is 2. The molecule has 3 aromatic rings. The van der Waals surface area contributed by atoms with Gasteiger partial charge in [-0.15, -0.1) is 11.3 Å². The van der Waals surface area contributed by atoms with E-state index < -0.39 is 5.97 Å². The fourth-order valence-electron chi connectivity index (χ4n) is 2.26. The predicted molar refractivity (Wildman–Crippen MR) is 97.3 cm³/mol. The highest BCUT2D eigenvalue weighted by atomic mass is 35.5. The standard InChI is InChI=1S/C17H14ClN3O3S/c1-21-13(14-7-8-15(18)25-14)9-12(20-21)16(22)19-11-5-3-10(4-6-11)17(23)24-2/h3-9H,1-2H3,(H,19,22). The number of ether oxygens (including phenoxy) is 1. The van der Waals surface area contributed by atoms with Gasteiger partial charge in [0.05, 0.1) is 27.6 Å². The van der Waals surface area contributed by atoms with E-state index in [9.17, 15) is 9.59 Å². The molecule has 0 radical (unpaired) electrons. The van der Waals surface area contributed by atoms with Gasteiger partial charge in [-0.05, 0) is 42.5 Å². The lowest BCUT2D eigenvalue weighted by molar-refractivity contribution is 0.0600. The van der Waals surface area contributed by atoms with Crippen LogP contribution < -0.4 is 5.32 Å². The Morgan fingerprint density at radius 3 is 2.52 bits per heavy atom. The van der Waals surface area contributed by atoms with Crippen LogP contribution in [0.15, 0.2) is 42.5 Å². The Labute approximate surface area is 153 Å². The quantitative estimate of drug-likeness (QED) is 0.703. The van der Waals surface area contributed by atoms with Gasteiger partial charge in [-0.1, -0.05) is 11.6 Å². The third-order valence-corrected chi connectivity index (χ3v) is 4.76. The Bertz CT molecular complexity index is 931. The third-order valence-electron chi connectivity index (χ3n) is 3.50. The van der Waals surface area contributed by atoms with Gasteiger partial charge in [0, 0.05) is 12.7 Å². The van der Waals surface area contributed by atoms with Crippen molar-refractivity contribution < 1.29 is 14.3 Å². The first-order chi connectivity index (χ1) is 12.0. The van der Waals surface area contributed by atoms with Gasteiger partial charge in [0.25, 0.3) is 5.91 Å². The molecule has 6 nitrogen and oxygen atoms in total. The van der Waals surface area contributed by atoms with Gasteiger partial charge in [0.2, 0.25) is 0 Å². The van der Waals surface area contributed by atoms with Crippen molar-refractivity contribution in [3.8, 4) is 10.6 Å². The molecule has 3 rings (SSSR count). The van der Waals surface area contributed by atoms with Crippen molar-refractivity contribution in [3.63, 3.8) is 0 Å². The molecule has 0 saturated heterocycles. The molecule has 1 amide bonds. The first-order valence-corrected chi connectivity index (χ1v) is 8.47. The average molecular weight is 376 g/mol. The molecule has 0 atom stereocenters. The molecule has 0 aliphatic rings. The maximum absolute atomic E-state index is 12.4. The van der Waals surface area contributed by atoms with Gasteiger partial charge in [0.1, 0.15) is 0 Å². The lowest BCUT2D eigenvalue weighted by Crippen LogP contribution is -2.13. The number of aryl methyl sites for hydroxylation is 1. The van der Waals surface area contributed by atoms with Crippen molar-refractivity contribution in [2.75, 3.05) is 12.4 Å². The molecule has 1 N–H and O–H groups in total. The summed E-state index contributed by atoms with van der Waals surface area (Å²) in [6.45, 7) is 0. The lowest BCUT2D eigenvalue weighted by atomic mass is 10.2. The van der Waals surface area contributed by atoms with Crippen molar-refractivity contribution in [2.45, 2.75) is 0 Å². The highest BCUT2D eigenvalue weighted by Crippen LogP contribution is 2.31. The van der Waals surface area contributed by atoms with E-state index in [4.69, 9.17) is 11.6 Å². The molecule has 0 unspecified atom stereocenters. The minimum Gasteiger partial charge on any atom is -0.465 e. The van der Waals surface area contributed by atoms with Crippen LogP contribution in [0.25, 0.3) is 10.6 Å². The van der Waals surface area contributed by atoms with E-state index in [0.717, 1.165) is 10.6 Å². The van der Waals surface area contributed by atoms with E-state index in [-0.39, 0.29) is 5.91 Å². The van der Waals surface area contributed by atoms with E-state index in [1.54, 1.807) is 48.1 Å². The van der Waals surface area contributed by atoms with Crippen LogP contribution in [-0.4, -0.2) is 28.8 Å². The molecule has 0 aliphatic carbocycles. The van der Waals surface area contributed by atoms with E-state index in [0.29, 0.717) is 21.3 Å². The van der Waals surface area contributed by atoms with Gasteiger partial charge in [-0.2, -0.15) is 5.10 Å². The minimum atomic E-state index is -0.429. The van der Waals surface area contributed by atoms with Crippen molar-refractivity contribution in [1.29, 1.82) is 0 Å². The number of esters is 1. The first-order valence-electron chi connectivity index (χ1n) is 7.27. The maximum Gasteiger partial charge on any atom is 0.337 e. The zero-order valence-electron chi connectivity index (χ0n) is 13.4. The summed E-state index contributed by atoms with van der Waals surface area (Å²) in [6.07, 6.45) is 0. The molecular formula is C17H14ClN3O3S. The number of benzene rings is 1. The molecular weight excluding hydrogens is 362 g/mol. The van der Waals surface area contributed by atoms with Gasteiger partial charge >= 0.3 is 5.97 Å². The van der Waals surface area contributed by atoms with Gasteiger partial charge in [-0.25, -0.2) is 4.79 Å². The zero-order chi connectivity index (χ0) is 18.0. The summed E-state index contributed by atoms with van der Waals surface area (Å²) in [4.78, 5) is 24.7. The fourth-order valence-corrected chi connectivity index (χ4v) is 3.35. The van der Waals surface area contributed by atoms with E-state index in [1.165, 1.54) is 18.4 Å². The summed E-state index contributed by atoms with van der Waals surface area (Å²) in [7, 11) is 3.09. The van der Waals surface area contributed by atoms with Crippen molar-refractivity contribution in [2.24, 2.45) is 7.05 Å². The van der Waals surface area contributed by atoms with Crippen LogP contribution in [0, 0.1) is 0 Å². The van der Waals surface area contributed by atoms with E-state index >= 15 is 0 Å². The number of aromatic nitrogens is 2. The second-order valence-electron chi connectivity index (χ2n) is 5.17. The molecule has 2 aromatic heterocycles. The van der Waals surface area contributed by atoms with Crippen LogP contribution in [0.2, 0.25) is 4.34 Å². The summed E-state index contributed by atoms with van der Waals surface area (Å²) >= 11 is 7.38. The number of nitrogens with zero attached hydrogens (tertiary/aromatic N) is 2. The number of hydrogen-bond donors (Lipinski definition) is 1. The molecule has 0 bridgehead atoms. The number of carbonyl (C=O) groups excluding carboxylic acids is 2. The maximum atomic E-state index is 12.4. The zero-order valence-corrected chi connectivity index (χ0v) is 15.0. The molecule has 0 fully saturated rings. The minimum absolute atomic E-state index is 0.291. The highest BCUT2D eigenvalue weighted by molar-refractivity contribution is 7.19. The SMILES string of the molecule is COC(=O)c1ccc(NC(=O)c2cc(-c3ccc(Cl)s3)n(C)n2)cc1. The fraction of sp³-hybridized carbons (Fsp3) is 0.118. The van der Waals surface area contributed by atoms with Gasteiger partial charge in [0.15, 0.2) is 5.69 Å². The molecule has 0 saturated carbocycles. The molecule has 0 aliphatic heterocycles. The van der Waals surface area contributed by atoms with Crippen molar-refractivity contribution in [1.82, 2.24) is 9.78 Å². The topological polar surface area (TPSA) is 73.2 Å². The third kappa shape index (κ3) is 3.72. The predicted octanol–water partition coefficient (Wildman–Crippen LogP) is 3.84. The van der Waals surface area contributed by atoms with Crippen LogP contribution in [0.1, 0.15) is 20.8 Å². The number of amides is 1. The Balaban J connectivity index is 1.76. The van der Waals surface area contributed by atoms with Gasteiger partial charge in [-0.3, -0.25) is 9.48 Å². The second-order valence-corrected chi connectivity index (χ2v) is 6.88. The van der Waals surface area contributed by atoms with Crippen LogP contribution in [0.5, 0.6) is 0 Å². The van der Waals surface area contributed by atoms with Crippen LogP contribution >= 0.6 is 22.9 Å². The summed E-state index contributed by atoms with van der Waals surface area (Å²) in [5.41, 5.74) is 2.07. The summed E-state index contributed by atoms with van der Waals surface area (Å²) < 4.78 is 6.95. The summed E-state index contributed by atoms with van der Waals surface area (Å²) in [5, 5.41) is 7.00. The van der Waals surface area contributed by atoms with Crippen LogP contribution in [0.4, 0.5) is 5.69 Å². The van der Waals surface area contributed by atoms with Gasteiger partial charge < -0.3 is 10.1 Å². The Morgan fingerprint density at radius 2 is 1.92 bits per heavy atom. The Kier molecular flexibility index (Phi) is 4.87. The Morgan fingerprint density at radius 1 is 1.20 bits per heavy atom. The normalized spacial score (nSPS) is 10.5. The van der Waals surface area contributed by atoms with E-state index in [1.807, 2.05) is 6.07 Å². The van der Waals surface area contributed by atoms with E-state index in [2.05, 4.69) is 15.2 Å². The lowest BCUT2D eigenvalue weighted by Gasteiger charge is -2.04. The molecule has 1 aromatic carbocycles.